The number of terminal acetylenes is 1. The molecule has 2 saturated heterocycles. The second-order valence-electron chi connectivity index (χ2n) is 7.92. The van der Waals surface area contributed by atoms with Crippen molar-refractivity contribution in [3.63, 3.8) is 0 Å². The number of thiazole rings is 1. The third-order valence-corrected chi connectivity index (χ3v) is 7.87. The van der Waals surface area contributed by atoms with E-state index in [0.29, 0.717) is 6.41 Å². The zero-order chi connectivity index (χ0) is 26.4. The van der Waals surface area contributed by atoms with Gasteiger partial charge in [-0.3, -0.25) is 24.2 Å². The van der Waals surface area contributed by atoms with Crippen molar-refractivity contribution in [2.75, 3.05) is 24.2 Å². The lowest BCUT2D eigenvalue weighted by Gasteiger charge is -2.53. The van der Waals surface area contributed by atoms with Crippen LogP contribution in [0.1, 0.15) is 11.3 Å². The Labute approximate surface area is 219 Å². The molecule has 0 spiro atoms. The second kappa shape index (κ2) is 11.2. The maximum Gasteiger partial charge on any atom is 0.316 e. The van der Waals surface area contributed by atoms with Crippen LogP contribution in [0.25, 0.3) is 6.08 Å². The van der Waals surface area contributed by atoms with Gasteiger partial charge < -0.3 is 25.5 Å². The molecule has 0 aromatic carbocycles. The molecule has 3 N–H and O–H groups in total. The van der Waals surface area contributed by atoms with E-state index in [0.717, 1.165) is 16.9 Å². The Balaban J connectivity index is 1.47. The number of oxime groups is 1. The molecule has 12 nitrogen and oxygen atoms in total. The number of fused-ring (bicyclic) bond motifs is 1. The maximum absolute atomic E-state index is 13.0. The fourth-order valence-corrected chi connectivity index (χ4v) is 5.84. The lowest BCUT2D eigenvalue weighted by molar-refractivity contribution is -0.156. The van der Waals surface area contributed by atoms with E-state index < -0.39 is 34.6 Å². The number of carboxylic acid groups (broad SMARTS) is 1. The molecule has 2 unspecified atom stereocenters. The Bertz CT molecular complexity index is 1310. The predicted molar refractivity (Wildman–Crippen MR) is 136 cm³/mol. The van der Waals surface area contributed by atoms with Crippen LogP contribution in [-0.2, 0) is 24.0 Å². The largest absolute Gasteiger partial charge is 0.481 e. The number of hydrogen-bond acceptors (Lipinski definition) is 10. The van der Waals surface area contributed by atoms with Crippen LogP contribution in [0.5, 0.6) is 0 Å². The van der Waals surface area contributed by atoms with Crippen LogP contribution in [0.4, 0.5) is 5.13 Å². The summed E-state index contributed by atoms with van der Waals surface area (Å²) in [6.07, 6.45) is 12.1. The van der Waals surface area contributed by atoms with E-state index in [-0.39, 0.29) is 35.4 Å². The van der Waals surface area contributed by atoms with Crippen molar-refractivity contribution in [3.05, 3.63) is 47.2 Å². The first-order valence-electron chi connectivity index (χ1n) is 10.7. The van der Waals surface area contributed by atoms with E-state index in [4.69, 9.17) is 11.3 Å². The molecule has 37 heavy (non-hydrogen) atoms. The Morgan fingerprint density at radius 3 is 3.00 bits per heavy atom. The van der Waals surface area contributed by atoms with Crippen molar-refractivity contribution in [2.24, 2.45) is 10.6 Å². The van der Waals surface area contributed by atoms with Crippen molar-refractivity contribution in [1.82, 2.24) is 20.2 Å². The summed E-state index contributed by atoms with van der Waals surface area (Å²) in [6.45, 7) is -0.236. The zero-order valence-electron chi connectivity index (χ0n) is 19.1. The molecule has 3 amide bonds. The summed E-state index contributed by atoms with van der Waals surface area (Å²) in [5.41, 5.74) is -0.659. The first-order valence-corrected chi connectivity index (χ1v) is 12.7. The third-order valence-electron chi connectivity index (χ3n) is 5.55. The highest BCUT2D eigenvalue weighted by Gasteiger charge is 2.56. The van der Waals surface area contributed by atoms with Gasteiger partial charge in [-0.15, -0.1) is 29.5 Å². The summed E-state index contributed by atoms with van der Waals surface area (Å²) >= 11 is 2.33. The van der Waals surface area contributed by atoms with Gasteiger partial charge >= 0.3 is 5.97 Å². The summed E-state index contributed by atoms with van der Waals surface area (Å²) in [4.78, 5) is 63.4. The van der Waals surface area contributed by atoms with E-state index in [1.807, 2.05) is 0 Å². The molecular formula is C23H20N6O6S2. The van der Waals surface area contributed by atoms with Crippen LogP contribution in [0.2, 0.25) is 0 Å². The average molecular weight is 541 g/mol. The molecule has 0 bridgehead atoms. The normalized spacial score (nSPS) is 22.9. The van der Waals surface area contributed by atoms with E-state index >= 15 is 0 Å². The number of aliphatic carboxylic acids is 1. The Morgan fingerprint density at radius 1 is 1.46 bits per heavy atom. The number of carbonyl (C=O) groups is 4. The number of carbonyl (C=O) groups excluding carboxylic acids is 3. The number of amides is 3. The van der Waals surface area contributed by atoms with E-state index in [1.54, 1.807) is 36.7 Å². The molecule has 0 radical (unpaired) electrons. The quantitative estimate of drug-likeness (QED) is 0.0980. The molecule has 14 heteroatoms. The number of thioether (sulfide) groups is 1. The van der Waals surface area contributed by atoms with Crippen LogP contribution in [0, 0.1) is 17.8 Å². The minimum absolute atomic E-state index is 0.0407. The van der Waals surface area contributed by atoms with Gasteiger partial charge in [0.25, 0.3) is 5.91 Å². The molecule has 0 saturated carbocycles. The van der Waals surface area contributed by atoms with Gasteiger partial charge in [0.05, 0.1) is 0 Å². The molecule has 4 rings (SSSR count). The fraction of sp³-hybridized carbons (Fsp3) is 0.261. The summed E-state index contributed by atoms with van der Waals surface area (Å²) < 4.78 is 0. The van der Waals surface area contributed by atoms with Gasteiger partial charge in [-0.2, -0.15) is 0 Å². The summed E-state index contributed by atoms with van der Waals surface area (Å²) in [5.74, 6) is 0.214. The number of nitrogens with zero attached hydrogens (tertiary/aromatic N) is 4. The number of pyridine rings is 1. The number of aromatic nitrogens is 2. The summed E-state index contributed by atoms with van der Waals surface area (Å²) in [7, 11) is 0. The Morgan fingerprint density at radius 2 is 2.30 bits per heavy atom. The first-order chi connectivity index (χ1) is 17.9. The van der Waals surface area contributed by atoms with Crippen LogP contribution in [0.3, 0.4) is 0 Å². The minimum atomic E-state index is -1.29. The molecule has 3 atom stereocenters. The van der Waals surface area contributed by atoms with E-state index in [2.05, 4.69) is 31.7 Å². The van der Waals surface area contributed by atoms with Gasteiger partial charge in [0.1, 0.15) is 22.5 Å². The molecule has 2 aromatic heterocycles. The third kappa shape index (κ3) is 5.47. The summed E-state index contributed by atoms with van der Waals surface area (Å²) in [5, 5.41) is 20.0. The van der Waals surface area contributed by atoms with Crippen molar-refractivity contribution in [2.45, 2.75) is 11.4 Å². The van der Waals surface area contributed by atoms with Gasteiger partial charge in [0.2, 0.25) is 12.3 Å². The van der Waals surface area contributed by atoms with Gasteiger partial charge in [-0.1, -0.05) is 29.3 Å². The van der Waals surface area contributed by atoms with Crippen LogP contribution < -0.4 is 10.6 Å². The number of β-lactam (4-membered cyclic amide) rings is 1. The van der Waals surface area contributed by atoms with Crippen LogP contribution >= 0.6 is 23.1 Å². The molecular weight excluding hydrogens is 520 g/mol. The number of hydrogen-bond donors (Lipinski definition) is 3. The van der Waals surface area contributed by atoms with Gasteiger partial charge in [0.15, 0.2) is 17.5 Å². The lowest BCUT2D eigenvalue weighted by Crippen LogP contribution is -2.73. The molecule has 2 aromatic rings. The van der Waals surface area contributed by atoms with Crippen molar-refractivity contribution < 1.29 is 29.1 Å². The van der Waals surface area contributed by atoms with Gasteiger partial charge in [-0.25, -0.2) is 4.98 Å². The first kappa shape index (κ1) is 25.9. The zero-order valence-corrected chi connectivity index (χ0v) is 20.7. The van der Waals surface area contributed by atoms with Gasteiger partial charge in [-0.05, 0) is 11.6 Å². The Hall–Kier alpha value is -4.22. The van der Waals surface area contributed by atoms with Crippen LogP contribution in [0.15, 0.2) is 41.1 Å². The highest BCUT2D eigenvalue weighted by atomic mass is 32.2. The number of rotatable bonds is 10. The van der Waals surface area contributed by atoms with E-state index in [1.165, 1.54) is 22.0 Å². The molecule has 4 heterocycles. The molecule has 2 aliphatic rings. The molecule has 2 aliphatic heterocycles. The smallest absolute Gasteiger partial charge is 0.316 e. The highest BCUT2D eigenvalue weighted by Crippen LogP contribution is 2.43. The Kier molecular flexibility index (Phi) is 7.85. The molecule has 0 aliphatic carbocycles. The second-order valence-corrected chi connectivity index (χ2v) is 9.88. The topological polar surface area (TPSA) is 163 Å². The van der Waals surface area contributed by atoms with Crippen molar-refractivity contribution in [1.29, 1.82) is 0 Å². The molecule has 190 valence electrons. The fourth-order valence-electron chi connectivity index (χ4n) is 3.67. The minimum Gasteiger partial charge on any atom is -0.481 e. The number of nitrogens with one attached hydrogen (secondary N) is 2. The lowest BCUT2D eigenvalue weighted by atomic mass is 9.86. The van der Waals surface area contributed by atoms with Crippen LogP contribution in [-0.4, -0.2) is 80.2 Å². The standard InChI is InChI=1S/C23H20N6O6S2/c1-2-8-35-28-16(15-10-36-22(26-15)25-13-30)18(31)27-17-19(32)29-11-23(21(33)34,12-37-20(17)29)6-5-14-4-3-7-24-9-14/h1,3-7,9-10,13,17,20H,8,11-12H2,(H,27,31)(H,33,34)(H,25,26,30)/t17?,20-,23?/m1/s1. The van der Waals surface area contributed by atoms with Crippen molar-refractivity contribution in [3.8, 4) is 12.3 Å². The average Bonchev–Trinajstić information content (AvgIpc) is 3.37. The van der Waals surface area contributed by atoms with Gasteiger partial charge in [0, 0.05) is 30.1 Å². The van der Waals surface area contributed by atoms with Crippen molar-refractivity contribution >= 4 is 64.2 Å². The number of anilines is 1. The predicted octanol–water partition coefficient (Wildman–Crippen LogP) is 0.645. The number of carboxylic acids is 1. The van der Waals surface area contributed by atoms with E-state index in [9.17, 15) is 24.3 Å². The SMILES string of the molecule is C#CCON=C(C(=O)NC1C(=O)N2CC(C=Cc3cccnc3)(C(=O)O)CS[C@H]12)c1csc(NC=O)n1. The molecule has 2 fully saturated rings. The summed E-state index contributed by atoms with van der Waals surface area (Å²) in [6, 6.07) is 2.65. The monoisotopic (exact) mass is 540 g/mol. The highest BCUT2D eigenvalue weighted by molar-refractivity contribution is 8.00. The maximum atomic E-state index is 13.0.